The van der Waals surface area contributed by atoms with Crippen LogP contribution in [0.3, 0.4) is 0 Å². The van der Waals surface area contributed by atoms with Gasteiger partial charge in [-0.1, -0.05) is 0 Å². The van der Waals surface area contributed by atoms with E-state index in [0.717, 1.165) is 25.5 Å². The third-order valence-corrected chi connectivity index (χ3v) is 10.5. The van der Waals surface area contributed by atoms with Gasteiger partial charge in [-0.05, 0) is 61.9 Å². The van der Waals surface area contributed by atoms with Gasteiger partial charge in [0.25, 0.3) is 11.5 Å². The van der Waals surface area contributed by atoms with E-state index in [-0.39, 0.29) is 52.4 Å². The van der Waals surface area contributed by atoms with Crippen LogP contribution in [-0.4, -0.2) is 112 Å². The molecule has 0 saturated carbocycles. The molecule has 6 heterocycles. The maximum atomic E-state index is 15.6. The van der Waals surface area contributed by atoms with Crippen molar-refractivity contribution in [3.05, 3.63) is 70.0 Å². The number of piperazine rings is 1. The van der Waals surface area contributed by atoms with Gasteiger partial charge in [-0.2, -0.15) is 23.3 Å². The third kappa shape index (κ3) is 9.38. The fraction of sp³-hybridized carbons (Fsp3) is 0.459. The Morgan fingerprint density at radius 1 is 0.947 bits per heavy atom. The van der Waals surface area contributed by atoms with Crippen molar-refractivity contribution in [2.45, 2.75) is 44.8 Å². The lowest BCUT2D eigenvalue weighted by molar-refractivity contribution is -0.137. The van der Waals surface area contributed by atoms with E-state index >= 15 is 4.39 Å². The maximum Gasteiger partial charge on any atom is 0.419 e. The Labute approximate surface area is 324 Å². The summed E-state index contributed by atoms with van der Waals surface area (Å²) in [5, 5.41) is 20.1. The molecule has 20 heteroatoms. The molecule has 3 saturated heterocycles. The Morgan fingerprint density at radius 3 is 2.39 bits per heavy atom. The molecule has 16 nitrogen and oxygen atoms in total. The van der Waals surface area contributed by atoms with Crippen LogP contribution < -0.4 is 36.6 Å². The zero-order valence-electron chi connectivity index (χ0n) is 31.2. The number of halogens is 4. The lowest BCUT2D eigenvalue weighted by atomic mass is 9.95. The summed E-state index contributed by atoms with van der Waals surface area (Å²) < 4.78 is 58.1. The van der Waals surface area contributed by atoms with Crippen molar-refractivity contribution in [3.8, 4) is 11.3 Å². The van der Waals surface area contributed by atoms with Crippen molar-refractivity contribution in [3.63, 3.8) is 0 Å². The minimum atomic E-state index is -4.63. The Balaban J connectivity index is 0.929. The molecule has 5 N–H and O–H groups in total. The molecule has 0 radical (unpaired) electrons. The molecule has 0 bridgehead atoms. The summed E-state index contributed by atoms with van der Waals surface area (Å²) in [7, 11) is 0. The van der Waals surface area contributed by atoms with Crippen LogP contribution in [0.2, 0.25) is 0 Å². The summed E-state index contributed by atoms with van der Waals surface area (Å²) >= 11 is 0. The molecule has 302 valence electrons. The summed E-state index contributed by atoms with van der Waals surface area (Å²) in [6.45, 7) is 6.73. The molecule has 3 aliphatic heterocycles. The quantitative estimate of drug-likeness (QED) is 0.171. The highest BCUT2D eigenvalue weighted by molar-refractivity contribution is 5.96. The number of nitrogens with one attached hydrogen (secondary N) is 3. The summed E-state index contributed by atoms with van der Waals surface area (Å²) in [5.74, 6) is -0.996. The molecule has 57 heavy (non-hydrogen) atoms. The van der Waals surface area contributed by atoms with E-state index < -0.39 is 29.0 Å². The van der Waals surface area contributed by atoms with Crippen LogP contribution in [0.15, 0.2) is 47.4 Å². The van der Waals surface area contributed by atoms with Crippen LogP contribution in [0.1, 0.15) is 48.7 Å². The summed E-state index contributed by atoms with van der Waals surface area (Å²) in [5.41, 5.74) is 5.16. The number of nitrogens with zero attached hydrogens (tertiary/aromatic N) is 9. The average molecular weight is 794 g/mol. The molecule has 3 aromatic heterocycles. The second-order valence-electron chi connectivity index (χ2n) is 14.6. The molecule has 2 amide bonds. The Hall–Kier alpha value is -5.92. The lowest BCUT2D eigenvalue weighted by Crippen LogP contribution is -2.49. The zero-order chi connectivity index (χ0) is 40.3. The predicted octanol–water partition coefficient (Wildman–Crippen LogP) is 3.16. The number of anilines is 5. The summed E-state index contributed by atoms with van der Waals surface area (Å²) in [6.07, 6.45) is -0.295. The van der Waals surface area contributed by atoms with Crippen LogP contribution >= 0.6 is 0 Å². The monoisotopic (exact) mass is 793 g/mol. The Morgan fingerprint density at radius 2 is 1.72 bits per heavy atom. The highest BCUT2D eigenvalue weighted by atomic mass is 19.4. The van der Waals surface area contributed by atoms with Gasteiger partial charge in [-0.15, -0.1) is 10.2 Å². The minimum Gasteiger partial charge on any atom is -0.367 e. The molecule has 1 aromatic carbocycles. The SMILES string of the molecule is CC(=O)NC1CCCN(c2nnc(C(N)=O)c(Nc3ccc(N4CCN(CC5CCN(c6ncc(-c7ccc(=O)[nH]n7)cc6C(F)(F)F)CC5)CC4)c(F)c3)n2)C1. The van der Waals surface area contributed by atoms with Crippen molar-refractivity contribution >= 4 is 40.8 Å². The Kier molecular flexibility index (Phi) is 11.5. The number of H-pyrrole nitrogens is 1. The van der Waals surface area contributed by atoms with E-state index in [1.54, 1.807) is 17.0 Å². The number of hydrogen-bond acceptors (Lipinski definition) is 13. The predicted molar refractivity (Wildman–Crippen MR) is 204 cm³/mol. The molecule has 7 rings (SSSR count). The first-order chi connectivity index (χ1) is 27.3. The van der Waals surface area contributed by atoms with Crippen molar-refractivity contribution in [2.24, 2.45) is 11.7 Å². The molecule has 3 fully saturated rings. The molecule has 0 aliphatic carbocycles. The van der Waals surface area contributed by atoms with Gasteiger partial charge in [-0.25, -0.2) is 14.5 Å². The van der Waals surface area contributed by atoms with Gasteiger partial charge < -0.3 is 31.1 Å². The lowest BCUT2D eigenvalue weighted by Gasteiger charge is -2.40. The number of rotatable bonds is 10. The second-order valence-corrected chi connectivity index (χ2v) is 14.6. The van der Waals surface area contributed by atoms with E-state index in [9.17, 15) is 27.6 Å². The first kappa shape index (κ1) is 39.3. The van der Waals surface area contributed by atoms with Gasteiger partial charge in [0.2, 0.25) is 11.9 Å². The summed E-state index contributed by atoms with van der Waals surface area (Å²) in [4.78, 5) is 51.6. The van der Waals surface area contributed by atoms with Gasteiger partial charge in [0.15, 0.2) is 11.5 Å². The van der Waals surface area contributed by atoms with Gasteiger partial charge >= 0.3 is 6.18 Å². The van der Waals surface area contributed by atoms with E-state index in [1.165, 1.54) is 31.3 Å². The number of benzene rings is 1. The first-order valence-corrected chi connectivity index (χ1v) is 18.8. The van der Waals surface area contributed by atoms with Crippen molar-refractivity contribution in [1.82, 2.24) is 40.6 Å². The largest absolute Gasteiger partial charge is 0.419 e. The van der Waals surface area contributed by atoms with Crippen LogP contribution in [0.5, 0.6) is 0 Å². The van der Waals surface area contributed by atoms with Crippen LogP contribution in [-0.2, 0) is 11.0 Å². The molecule has 1 unspecified atom stereocenters. The smallest absolute Gasteiger partial charge is 0.367 e. The maximum absolute atomic E-state index is 15.6. The average Bonchev–Trinajstić information content (AvgIpc) is 3.18. The fourth-order valence-electron chi connectivity index (χ4n) is 7.67. The number of carbonyl (C=O) groups excluding carboxylic acids is 2. The number of alkyl halides is 3. The van der Waals surface area contributed by atoms with Crippen molar-refractivity contribution in [2.75, 3.05) is 78.9 Å². The molecular weight excluding hydrogens is 750 g/mol. The van der Waals surface area contributed by atoms with Crippen molar-refractivity contribution in [1.29, 1.82) is 0 Å². The molecule has 1 atom stereocenters. The number of amides is 2. The van der Waals surface area contributed by atoms with Gasteiger partial charge in [0.05, 0.1) is 16.9 Å². The summed E-state index contributed by atoms with van der Waals surface area (Å²) in [6, 6.07) is 8.16. The molecule has 3 aliphatic rings. The van der Waals surface area contributed by atoms with Crippen molar-refractivity contribution < 1.29 is 27.2 Å². The fourth-order valence-corrected chi connectivity index (χ4v) is 7.67. The normalized spacial score (nSPS) is 18.4. The molecule has 0 spiro atoms. The second kappa shape index (κ2) is 16.7. The number of hydrogen-bond donors (Lipinski definition) is 4. The standard InChI is InChI=1S/C37H43F4N13O3/c1-22(55)44-26-3-2-10-54(21-26)36-46-34(32(33(42)57)49-50-36)45-25-4-6-30(28(38)18-25)52-15-13-51(14-16-52)20-23-8-11-53(12-9-23)35-27(37(39,40)41)17-24(19-43-35)29-5-7-31(56)48-47-29/h4-7,17-19,23,26H,2-3,8-16,20-21H2,1H3,(H2,42,57)(H,44,55)(H,48,56)(H,45,46,50). The molecular formula is C37H43F4N13O3. The number of aromatic amines is 1. The van der Waals surface area contributed by atoms with Gasteiger partial charge in [-0.3, -0.25) is 19.3 Å². The van der Waals surface area contributed by atoms with Gasteiger partial charge in [0.1, 0.15) is 11.6 Å². The number of nitrogens with two attached hydrogens (primary N) is 1. The number of carbonyl (C=O) groups is 2. The zero-order valence-corrected chi connectivity index (χ0v) is 31.2. The highest BCUT2D eigenvalue weighted by Gasteiger charge is 2.37. The number of pyridine rings is 1. The first-order valence-electron chi connectivity index (χ1n) is 18.8. The Bertz CT molecular complexity index is 2130. The van der Waals surface area contributed by atoms with E-state index in [0.29, 0.717) is 76.6 Å². The minimum absolute atomic E-state index is 0.0379. The highest BCUT2D eigenvalue weighted by Crippen LogP contribution is 2.39. The van der Waals surface area contributed by atoms with Gasteiger partial charge in [0, 0.05) is 95.4 Å². The van der Waals surface area contributed by atoms with E-state index in [4.69, 9.17) is 5.73 Å². The number of primary amides is 1. The van der Waals surface area contributed by atoms with Crippen LogP contribution in [0, 0.1) is 11.7 Å². The van der Waals surface area contributed by atoms with Crippen LogP contribution in [0.4, 0.5) is 46.5 Å². The number of piperidine rings is 2. The topological polar surface area (TPSA) is 194 Å². The number of aromatic nitrogens is 6. The van der Waals surface area contributed by atoms with E-state index in [1.807, 2.05) is 9.80 Å². The third-order valence-electron chi connectivity index (χ3n) is 10.5. The molecule has 4 aromatic rings. The van der Waals surface area contributed by atoms with Crippen LogP contribution in [0.25, 0.3) is 11.3 Å². The van der Waals surface area contributed by atoms with E-state index in [2.05, 4.69) is 45.9 Å².